The average Bonchev–Trinajstić information content (AvgIpc) is 3.18. The third kappa shape index (κ3) is 4.51. The summed E-state index contributed by atoms with van der Waals surface area (Å²) in [6.45, 7) is 0.686. The summed E-state index contributed by atoms with van der Waals surface area (Å²) in [5, 5.41) is 4.67. The molecule has 2 aromatic rings. The fourth-order valence-electron chi connectivity index (χ4n) is 2.66. The van der Waals surface area contributed by atoms with Crippen LogP contribution in [0.2, 0.25) is 0 Å². The van der Waals surface area contributed by atoms with Crippen molar-refractivity contribution in [2.24, 2.45) is 4.99 Å². The summed E-state index contributed by atoms with van der Waals surface area (Å²) in [4.78, 5) is 30.8. The Balaban J connectivity index is 1.77. The van der Waals surface area contributed by atoms with E-state index in [2.05, 4.69) is 16.8 Å². The van der Waals surface area contributed by atoms with Crippen LogP contribution in [0.15, 0.2) is 57.8 Å². The summed E-state index contributed by atoms with van der Waals surface area (Å²) in [7, 11) is 1.62. The van der Waals surface area contributed by atoms with E-state index in [0.29, 0.717) is 29.2 Å². The molecule has 1 aliphatic rings. The van der Waals surface area contributed by atoms with Gasteiger partial charge in [-0.15, -0.1) is 23.1 Å². The van der Waals surface area contributed by atoms with Crippen LogP contribution >= 0.6 is 23.1 Å². The molecule has 26 heavy (non-hydrogen) atoms. The fourth-order valence-corrected chi connectivity index (χ4v) is 4.30. The Morgan fingerprint density at radius 3 is 2.73 bits per heavy atom. The van der Waals surface area contributed by atoms with Crippen molar-refractivity contribution >= 4 is 40.5 Å². The van der Waals surface area contributed by atoms with E-state index in [1.165, 1.54) is 16.6 Å². The highest BCUT2D eigenvalue weighted by molar-refractivity contribution is 8.04. The number of amides is 1. The largest absolute Gasteiger partial charge is 0.359 e. The summed E-state index contributed by atoms with van der Waals surface area (Å²) in [6, 6.07) is 11.7. The van der Waals surface area contributed by atoms with E-state index in [1.54, 1.807) is 18.4 Å². The maximum atomic E-state index is 12.7. The van der Waals surface area contributed by atoms with Gasteiger partial charge < -0.3 is 5.32 Å². The first kappa shape index (κ1) is 18.6. The number of thiophene rings is 1. The summed E-state index contributed by atoms with van der Waals surface area (Å²) < 4.78 is 0. The monoisotopic (exact) mass is 384 g/mol. The van der Waals surface area contributed by atoms with Crippen molar-refractivity contribution in [1.82, 2.24) is 5.32 Å². The zero-order chi connectivity index (χ0) is 18.4. The van der Waals surface area contributed by atoms with E-state index >= 15 is 0 Å². The molecule has 0 fully saturated rings. The maximum absolute atomic E-state index is 12.7. The van der Waals surface area contributed by atoms with Crippen LogP contribution in [0, 0.1) is 0 Å². The number of carbonyl (C=O) groups is 2. The maximum Gasteiger partial charge on any atom is 0.220 e. The molecule has 1 aromatic carbocycles. The third-order valence-electron chi connectivity index (χ3n) is 4.03. The molecule has 1 N–H and O–H groups in total. The number of allylic oxidation sites excluding steroid dienone is 2. The number of fused-ring (bicyclic) bond motifs is 1. The molecule has 0 saturated carbocycles. The second-order valence-electron chi connectivity index (χ2n) is 5.75. The van der Waals surface area contributed by atoms with Gasteiger partial charge in [0.05, 0.1) is 10.6 Å². The Labute approximate surface area is 161 Å². The number of Topliss-reactive ketones (excluding diaryl/α,β-unsaturated/α-hetero) is 1. The van der Waals surface area contributed by atoms with Gasteiger partial charge in [0.2, 0.25) is 5.91 Å². The summed E-state index contributed by atoms with van der Waals surface area (Å²) in [5.74, 6) is 0.563. The molecule has 0 bridgehead atoms. The summed E-state index contributed by atoms with van der Waals surface area (Å²) in [5.41, 5.74) is 2.42. The normalized spacial score (nSPS) is 14.9. The van der Waals surface area contributed by atoms with Crippen LogP contribution in [-0.2, 0) is 11.2 Å². The van der Waals surface area contributed by atoms with Crippen LogP contribution in [0.4, 0.5) is 0 Å². The Kier molecular flexibility index (Phi) is 6.41. The first-order valence-electron chi connectivity index (χ1n) is 8.45. The number of nitrogens with one attached hydrogen (secondary N) is 1. The number of hydrogen-bond acceptors (Lipinski definition) is 5. The van der Waals surface area contributed by atoms with Crippen molar-refractivity contribution in [1.29, 1.82) is 0 Å². The third-order valence-corrected chi connectivity index (χ3v) is 5.98. The van der Waals surface area contributed by atoms with E-state index in [9.17, 15) is 9.59 Å². The zero-order valence-electron chi connectivity index (χ0n) is 14.5. The lowest BCUT2D eigenvalue weighted by Crippen LogP contribution is -2.19. The Morgan fingerprint density at radius 1 is 1.19 bits per heavy atom. The lowest BCUT2D eigenvalue weighted by Gasteiger charge is -2.17. The number of benzene rings is 1. The molecule has 0 radical (unpaired) electrons. The van der Waals surface area contributed by atoms with E-state index in [-0.39, 0.29) is 11.7 Å². The smallest absolute Gasteiger partial charge is 0.220 e. The average molecular weight is 385 g/mol. The fraction of sp³-hybridized carbons (Fsp3) is 0.250. The minimum atomic E-state index is -0.0217. The molecular formula is C20H20N2O2S2. The molecule has 0 aliphatic heterocycles. The van der Waals surface area contributed by atoms with E-state index in [4.69, 9.17) is 4.99 Å². The molecule has 0 atom stereocenters. The number of thioether (sulfide) groups is 1. The highest BCUT2D eigenvalue weighted by Gasteiger charge is 2.24. The molecule has 134 valence electrons. The van der Waals surface area contributed by atoms with E-state index in [0.717, 1.165) is 17.7 Å². The number of ketones is 1. The second kappa shape index (κ2) is 8.96. The number of nitrogens with zero attached hydrogens (tertiary/aromatic N) is 1. The SMILES string of the molecule is CNC(=O)CCSC1=CC(=NCCc2cccs2)c2ccccc2C1=O. The van der Waals surface area contributed by atoms with Crippen molar-refractivity contribution in [2.75, 3.05) is 19.3 Å². The molecule has 0 unspecified atom stereocenters. The predicted octanol–water partition coefficient (Wildman–Crippen LogP) is 3.73. The van der Waals surface area contributed by atoms with Gasteiger partial charge in [0.1, 0.15) is 0 Å². The quantitative estimate of drug-likeness (QED) is 0.791. The van der Waals surface area contributed by atoms with Gasteiger partial charge in [0.15, 0.2) is 5.78 Å². The lowest BCUT2D eigenvalue weighted by atomic mass is 9.94. The van der Waals surface area contributed by atoms with Crippen molar-refractivity contribution < 1.29 is 9.59 Å². The predicted molar refractivity (Wildman–Crippen MR) is 109 cm³/mol. The number of aliphatic imine (C=N–C) groups is 1. The van der Waals surface area contributed by atoms with Crippen molar-refractivity contribution in [3.8, 4) is 0 Å². The lowest BCUT2D eigenvalue weighted by molar-refractivity contribution is -0.120. The number of carbonyl (C=O) groups excluding carboxylic acids is 2. The highest BCUT2D eigenvalue weighted by atomic mass is 32.2. The van der Waals surface area contributed by atoms with Gasteiger partial charge in [-0.25, -0.2) is 0 Å². The van der Waals surface area contributed by atoms with Gasteiger partial charge in [-0.2, -0.15) is 0 Å². The molecule has 0 spiro atoms. The van der Waals surface area contributed by atoms with Crippen LogP contribution in [0.3, 0.4) is 0 Å². The molecule has 0 saturated heterocycles. The van der Waals surface area contributed by atoms with Gasteiger partial charge >= 0.3 is 0 Å². The molecular weight excluding hydrogens is 364 g/mol. The summed E-state index contributed by atoms with van der Waals surface area (Å²) in [6.07, 6.45) is 3.15. The first-order valence-corrected chi connectivity index (χ1v) is 10.3. The van der Waals surface area contributed by atoms with Gasteiger partial charge in [-0.3, -0.25) is 14.6 Å². The summed E-state index contributed by atoms with van der Waals surface area (Å²) >= 11 is 3.15. The van der Waals surface area contributed by atoms with Crippen LogP contribution in [0.1, 0.15) is 27.2 Å². The topological polar surface area (TPSA) is 58.5 Å². The number of rotatable bonds is 7. The van der Waals surface area contributed by atoms with Crippen LogP contribution in [-0.4, -0.2) is 36.7 Å². The van der Waals surface area contributed by atoms with Crippen LogP contribution in [0.5, 0.6) is 0 Å². The molecule has 1 heterocycles. The Morgan fingerprint density at radius 2 is 2.00 bits per heavy atom. The van der Waals surface area contributed by atoms with Crippen molar-refractivity contribution in [3.05, 3.63) is 68.8 Å². The van der Waals surface area contributed by atoms with Crippen molar-refractivity contribution in [2.45, 2.75) is 12.8 Å². The molecule has 1 aromatic heterocycles. The second-order valence-corrected chi connectivity index (χ2v) is 7.92. The molecule has 1 aliphatic carbocycles. The molecule has 6 heteroatoms. The Bertz CT molecular complexity index is 854. The Hall–Kier alpha value is -2.18. The van der Waals surface area contributed by atoms with E-state index in [1.807, 2.05) is 36.4 Å². The van der Waals surface area contributed by atoms with Crippen LogP contribution < -0.4 is 5.32 Å². The van der Waals surface area contributed by atoms with Gasteiger partial charge in [0, 0.05) is 48.2 Å². The minimum Gasteiger partial charge on any atom is -0.359 e. The minimum absolute atomic E-state index is 0.0136. The molecule has 3 rings (SSSR count). The molecule has 4 nitrogen and oxygen atoms in total. The molecule has 1 amide bonds. The van der Waals surface area contributed by atoms with Crippen molar-refractivity contribution in [3.63, 3.8) is 0 Å². The standard InChI is InChI=1S/C20H20N2O2S2/c1-21-19(23)9-12-26-18-13-17(22-10-8-14-5-4-11-25-14)15-6-2-3-7-16(15)20(18)24/h2-7,11,13H,8-10,12H2,1H3,(H,21,23). The first-order chi connectivity index (χ1) is 12.7. The van der Waals surface area contributed by atoms with Gasteiger partial charge in [-0.05, 0) is 17.5 Å². The number of hydrogen-bond donors (Lipinski definition) is 1. The van der Waals surface area contributed by atoms with E-state index < -0.39 is 0 Å². The van der Waals surface area contributed by atoms with Gasteiger partial charge in [0.25, 0.3) is 0 Å². The van der Waals surface area contributed by atoms with Gasteiger partial charge in [-0.1, -0.05) is 30.3 Å². The van der Waals surface area contributed by atoms with Crippen LogP contribution in [0.25, 0.3) is 0 Å². The highest BCUT2D eigenvalue weighted by Crippen LogP contribution is 2.29. The zero-order valence-corrected chi connectivity index (χ0v) is 16.2.